The zero-order chi connectivity index (χ0) is 16.1. The van der Waals surface area contributed by atoms with Crippen LogP contribution in [0.25, 0.3) is 0 Å². The largest absolute Gasteiger partial charge is 0.486 e. The van der Waals surface area contributed by atoms with Crippen LogP contribution in [0.15, 0.2) is 46.9 Å². The summed E-state index contributed by atoms with van der Waals surface area (Å²) >= 11 is 3.43. The molecule has 0 aliphatic carbocycles. The lowest BCUT2D eigenvalue weighted by Crippen LogP contribution is -2.30. The molecule has 120 valence electrons. The highest BCUT2D eigenvalue weighted by Crippen LogP contribution is 2.38. The third-order valence-electron chi connectivity index (χ3n) is 3.42. The maximum absolute atomic E-state index is 12.0. The SMILES string of the molecule is O=C(NCCc1ccccc1)Nc1cc2c(cc1Br)OCCO2. The summed E-state index contributed by atoms with van der Waals surface area (Å²) < 4.78 is 11.8. The van der Waals surface area contributed by atoms with Gasteiger partial charge in [0, 0.05) is 23.2 Å². The summed E-state index contributed by atoms with van der Waals surface area (Å²) in [5, 5.41) is 5.66. The standard InChI is InChI=1S/C17H17BrN2O3/c18-13-10-15-16(23-9-8-22-15)11-14(13)20-17(21)19-7-6-12-4-2-1-3-5-12/h1-5,10-11H,6-9H2,(H2,19,20,21). The van der Waals surface area contributed by atoms with Crippen LogP contribution < -0.4 is 20.1 Å². The number of nitrogens with one attached hydrogen (secondary N) is 2. The minimum atomic E-state index is -0.252. The molecule has 5 nitrogen and oxygen atoms in total. The Labute approximate surface area is 143 Å². The normalized spacial score (nSPS) is 12.6. The molecule has 0 radical (unpaired) electrons. The van der Waals surface area contributed by atoms with Crippen LogP contribution in [0.1, 0.15) is 5.56 Å². The summed E-state index contributed by atoms with van der Waals surface area (Å²) in [4.78, 5) is 12.0. The van der Waals surface area contributed by atoms with E-state index in [0.717, 1.165) is 10.9 Å². The minimum absolute atomic E-state index is 0.252. The fourth-order valence-corrected chi connectivity index (χ4v) is 2.71. The first-order valence-corrected chi connectivity index (χ1v) is 8.19. The van der Waals surface area contributed by atoms with Gasteiger partial charge in [-0.15, -0.1) is 0 Å². The molecule has 3 rings (SSSR count). The Hall–Kier alpha value is -2.21. The van der Waals surface area contributed by atoms with Crippen molar-refractivity contribution in [2.75, 3.05) is 25.1 Å². The van der Waals surface area contributed by atoms with Gasteiger partial charge in [-0.05, 0) is 27.9 Å². The average molecular weight is 377 g/mol. The fraction of sp³-hybridized carbons (Fsp3) is 0.235. The van der Waals surface area contributed by atoms with Crippen molar-refractivity contribution in [3.63, 3.8) is 0 Å². The lowest BCUT2D eigenvalue weighted by Gasteiger charge is -2.20. The Bertz CT molecular complexity index is 692. The number of fused-ring (bicyclic) bond motifs is 1. The van der Waals surface area contributed by atoms with Gasteiger partial charge < -0.3 is 20.1 Å². The molecule has 1 aliphatic rings. The monoisotopic (exact) mass is 376 g/mol. The zero-order valence-electron chi connectivity index (χ0n) is 12.5. The van der Waals surface area contributed by atoms with Crippen molar-refractivity contribution in [2.45, 2.75) is 6.42 Å². The van der Waals surface area contributed by atoms with Crippen LogP contribution in [-0.4, -0.2) is 25.8 Å². The number of carbonyl (C=O) groups is 1. The maximum atomic E-state index is 12.0. The number of amides is 2. The third-order valence-corrected chi connectivity index (χ3v) is 4.08. The highest BCUT2D eigenvalue weighted by Gasteiger charge is 2.16. The summed E-state index contributed by atoms with van der Waals surface area (Å²) in [5.74, 6) is 1.32. The second-order valence-corrected chi connectivity index (χ2v) is 5.95. The predicted octanol–water partition coefficient (Wildman–Crippen LogP) is 3.58. The van der Waals surface area contributed by atoms with E-state index in [9.17, 15) is 4.79 Å². The number of benzene rings is 2. The predicted molar refractivity (Wildman–Crippen MR) is 92.3 cm³/mol. The van der Waals surface area contributed by atoms with Gasteiger partial charge in [-0.2, -0.15) is 0 Å². The second-order valence-electron chi connectivity index (χ2n) is 5.09. The zero-order valence-corrected chi connectivity index (χ0v) is 14.1. The molecule has 1 heterocycles. The fourth-order valence-electron chi connectivity index (χ4n) is 2.29. The Kier molecular flexibility index (Phi) is 5.02. The highest BCUT2D eigenvalue weighted by molar-refractivity contribution is 9.10. The van der Waals surface area contributed by atoms with Gasteiger partial charge in [0.2, 0.25) is 0 Å². The number of rotatable bonds is 4. The van der Waals surface area contributed by atoms with Crippen molar-refractivity contribution in [2.24, 2.45) is 0 Å². The van der Waals surface area contributed by atoms with Crippen molar-refractivity contribution in [3.8, 4) is 11.5 Å². The number of carbonyl (C=O) groups excluding carboxylic acids is 1. The summed E-state index contributed by atoms with van der Waals surface area (Å²) in [7, 11) is 0. The van der Waals surface area contributed by atoms with Crippen molar-refractivity contribution in [1.82, 2.24) is 5.32 Å². The Morgan fingerprint density at radius 3 is 2.52 bits per heavy atom. The van der Waals surface area contributed by atoms with E-state index in [1.807, 2.05) is 30.3 Å². The molecule has 0 unspecified atom stereocenters. The molecule has 6 heteroatoms. The number of hydrogen-bond donors (Lipinski definition) is 2. The molecule has 2 aromatic rings. The maximum Gasteiger partial charge on any atom is 0.319 e. The van der Waals surface area contributed by atoms with E-state index < -0.39 is 0 Å². The highest BCUT2D eigenvalue weighted by atomic mass is 79.9. The molecule has 0 aromatic heterocycles. The van der Waals surface area contributed by atoms with E-state index in [1.165, 1.54) is 5.56 Å². The first-order chi connectivity index (χ1) is 11.2. The molecule has 1 aliphatic heterocycles. The lowest BCUT2D eigenvalue weighted by molar-refractivity contribution is 0.171. The van der Waals surface area contributed by atoms with Gasteiger partial charge in [-0.3, -0.25) is 0 Å². The molecule has 0 saturated carbocycles. The Morgan fingerprint density at radius 1 is 1.09 bits per heavy atom. The van der Waals surface area contributed by atoms with Gasteiger partial charge >= 0.3 is 6.03 Å². The number of halogens is 1. The van der Waals surface area contributed by atoms with Gasteiger partial charge in [0.25, 0.3) is 0 Å². The van der Waals surface area contributed by atoms with E-state index in [4.69, 9.17) is 9.47 Å². The van der Waals surface area contributed by atoms with Gasteiger partial charge in [0.15, 0.2) is 11.5 Å². The molecule has 0 saturated heterocycles. The molecular weight excluding hydrogens is 360 g/mol. The van der Waals surface area contributed by atoms with Gasteiger partial charge in [-0.25, -0.2) is 4.79 Å². The summed E-state index contributed by atoms with van der Waals surface area (Å²) in [5.41, 5.74) is 1.83. The van der Waals surface area contributed by atoms with E-state index in [-0.39, 0.29) is 6.03 Å². The van der Waals surface area contributed by atoms with Crippen LogP contribution >= 0.6 is 15.9 Å². The molecule has 2 aromatic carbocycles. The molecule has 0 atom stereocenters. The minimum Gasteiger partial charge on any atom is -0.486 e. The van der Waals surface area contributed by atoms with E-state index in [2.05, 4.69) is 26.6 Å². The van der Waals surface area contributed by atoms with Gasteiger partial charge in [0.1, 0.15) is 13.2 Å². The molecule has 0 fully saturated rings. The molecule has 2 amide bonds. The van der Waals surface area contributed by atoms with E-state index in [0.29, 0.717) is 36.9 Å². The number of anilines is 1. The third kappa shape index (κ3) is 4.16. The first kappa shape index (κ1) is 15.7. The average Bonchev–Trinajstić information content (AvgIpc) is 2.56. The van der Waals surface area contributed by atoms with Crippen LogP contribution in [0.2, 0.25) is 0 Å². The number of urea groups is 1. The molecule has 0 bridgehead atoms. The van der Waals surface area contributed by atoms with Crippen LogP contribution in [-0.2, 0) is 6.42 Å². The molecule has 0 spiro atoms. The van der Waals surface area contributed by atoms with E-state index >= 15 is 0 Å². The summed E-state index contributed by atoms with van der Waals surface area (Å²) in [6, 6.07) is 13.3. The lowest BCUT2D eigenvalue weighted by atomic mass is 10.1. The quantitative estimate of drug-likeness (QED) is 0.856. The molecule has 2 N–H and O–H groups in total. The van der Waals surface area contributed by atoms with Crippen LogP contribution in [0.3, 0.4) is 0 Å². The van der Waals surface area contributed by atoms with Gasteiger partial charge in [0.05, 0.1) is 5.69 Å². The number of hydrogen-bond acceptors (Lipinski definition) is 3. The van der Waals surface area contributed by atoms with Crippen LogP contribution in [0, 0.1) is 0 Å². The van der Waals surface area contributed by atoms with Crippen molar-refractivity contribution < 1.29 is 14.3 Å². The van der Waals surface area contributed by atoms with Crippen LogP contribution in [0.5, 0.6) is 11.5 Å². The molecule has 23 heavy (non-hydrogen) atoms. The Morgan fingerprint density at radius 2 is 1.78 bits per heavy atom. The Balaban J connectivity index is 1.55. The van der Waals surface area contributed by atoms with Gasteiger partial charge in [-0.1, -0.05) is 30.3 Å². The first-order valence-electron chi connectivity index (χ1n) is 7.40. The van der Waals surface area contributed by atoms with Crippen molar-refractivity contribution in [1.29, 1.82) is 0 Å². The molecular formula is C17H17BrN2O3. The smallest absolute Gasteiger partial charge is 0.319 e. The summed E-state index contributed by atoms with van der Waals surface area (Å²) in [6.07, 6.45) is 0.788. The number of ether oxygens (including phenoxy) is 2. The van der Waals surface area contributed by atoms with Crippen LogP contribution in [0.4, 0.5) is 10.5 Å². The summed E-state index contributed by atoms with van der Waals surface area (Å²) in [6.45, 7) is 1.61. The van der Waals surface area contributed by atoms with Crippen molar-refractivity contribution >= 4 is 27.6 Å². The van der Waals surface area contributed by atoms with Crippen molar-refractivity contribution in [3.05, 3.63) is 52.5 Å². The van der Waals surface area contributed by atoms with E-state index in [1.54, 1.807) is 12.1 Å². The second kappa shape index (κ2) is 7.37. The topological polar surface area (TPSA) is 59.6 Å².